The van der Waals surface area contributed by atoms with Gasteiger partial charge in [0.15, 0.2) is 0 Å². The number of hydrogen-bond donors (Lipinski definition) is 0. The molecule has 2 heterocycles. The lowest BCUT2D eigenvalue weighted by molar-refractivity contribution is -0.385. The number of nitro groups is 1. The summed E-state index contributed by atoms with van der Waals surface area (Å²) in [6.07, 6.45) is 3.65. The fourth-order valence-electron chi connectivity index (χ4n) is 1.57. The van der Waals surface area contributed by atoms with E-state index in [9.17, 15) is 19.7 Å². The third kappa shape index (κ3) is 2.91. The summed E-state index contributed by atoms with van der Waals surface area (Å²) in [4.78, 5) is 37.6. The van der Waals surface area contributed by atoms with Crippen molar-refractivity contribution in [2.75, 3.05) is 6.61 Å². The summed E-state index contributed by atoms with van der Waals surface area (Å²) in [6.45, 7) is 1.60. The fourth-order valence-corrected chi connectivity index (χ4v) is 1.57. The normalized spacial score (nSPS) is 10.1. The van der Waals surface area contributed by atoms with E-state index in [1.165, 1.54) is 24.5 Å². The van der Waals surface area contributed by atoms with Gasteiger partial charge < -0.3 is 4.74 Å². The minimum atomic E-state index is -0.957. The number of carbonyl (C=O) groups excluding carboxylic acids is 2. The summed E-state index contributed by atoms with van der Waals surface area (Å²) in [7, 11) is 0. The summed E-state index contributed by atoms with van der Waals surface area (Å²) >= 11 is 0. The van der Waals surface area contributed by atoms with E-state index in [0.717, 1.165) is 10.9 Å². The molecular formula is C12H10N4O5. The molecule has 0 unspecified atom stereocenters. The summed E-state index contributed by atoms with van der Waals surface area (Å²) < 4.78 is 5.40. The van der Waals surface area contributed by atoms with Crippen molar-refractivity contribution >= 4 is 17.6 Å². The van der Waals surface area contributed by atoms with E-state index >= 15 is 0 Å². The quantitative estimate of drug-likeness (QED) is 0.469. The van der Waals surface area contributed by atoms with Crippen molar-refractivity contribution in [1.29, 1.82) is 0 Å². The Balaban J connectivity index is 2.42. The zero-order chi connectivity index (χ0) is 15.4. The van der Waals surface area contributed by atoms with Crippen molar-refractivity contribution < 1.29 is 19.2 Å². The molecule has 0 radical (unpaired) electrons. The average molecular weight is 290 g/mol. The van der Waals surface area contributed by atoms with Crippen LogP contribution in [-0.4, -0.2) is 38.2 Å². The highest BCUT2D eigenvalue weighted by molar-refractivity contribution is 5.97. The van der Waals surface area contributed by atoms with Crippen LogP contribution in [0.15, 0.2) is 30.7 Å². The minimum Gasteiger partial charge on any atom is -0.461 e. The molecule has 9 nitrogen and oxygen atoms in total. The lowest BCUT2D eigenvalue weighted by atomic mass is 10.3. The van der Waals surface area contributed by atoms with Gasteiger partial charge in [-0.2, -0.15) is 9.78 Å². The Hall–Kier alpha value is -3.10. The van der Waals surface area contributed by atoms with E-state index in [1.54, 1.807) is 6.92 Å². The van der Waals surface area contributed by atoms with Crippen molar-refractivity contribution in [3.8, 4) is 0 Å². The van der Waals surface area contributed by atoms with Crippen molar-refractivity contribution in [1.82, 2.24) is 14.8 Å². The van der Waals surface area contributed by atoms with Crippen LogP contribution in [0.3, 0.4) is 0 Å². The molecule has 21 heavy (non-hydrogen) atoms. The third-order valence-corrected chi connectivity index (χ3v) is 2.48. The van der Waals surface area contributed by atoms with E-state index in [-0.39, 0.29) is 12.2 Å². The predicted octanol–water partition coefficient (Wildman–Crippen LogP) is 1.05. The van der Waals surface area contributed by atoms with Gasteiger partial charge in [-0.1, -0.05) is 0 Å². The van der Waals surface area contributed by atoms with Crippen LogP contribution >= 0.6 is 0 Å². The molecule has 108 valence electrons. The number of aromatic nitrogens is 3. The van der Waals surface area contributed by atoms with Gasteiger partial charge in [-0.15, -0.1) is 0 Å². The number of esters is 1. The Labute approximate surface area is 118 Å². The molecule has 0 N–H and O–H groups in total. The van der Waals surface area contributed by atoms with Crippen LogP contribution in [0, 0.1) is 10.1 Å². The fraction of sp³-hybridized carbons (Fsp3) is 0.167. The Morgan fingerprint density at radius 2 is 2.24 bits per heavy atom. The van der Waals surface area contributed by atoms with Crippen LogP contribution < -0.4 is 0 Å². The molecule has 9 heteroatoms. The summed E-state index contributed by atoms with van der Waals surface area (Å²) in [6, 6.07) is 3.02. The number of pyridine rings is 1. The molecule has 0 aliphatic heterocycles. The van der Waals surface area contributed by atoms with E-state index < -0.39 is 28.2 Å². The molecular weight excluding hydrogens is 280 g/mol. The first-order valence-electron chi connectivity index (χ1n) is 5.90. The predicted molar refractivity (Wildman–Crippen MR) is 68.8 cm³/mol. The van der Waals surface area contributed by atoms with Crippen LogP contribution in [0.5, 0.6) is 0 Å². The summed E-state index contributed by atoms with van der Waals surface area (Å²) in [5.41, 5.74) is -0.921. The Bertz CT molecular complexity index is 695. The molecule has 0 aliphatic rings. The average Bonchev–Trinajstić information content (AvgIpc) is 2.93. The zero-order valence-corrected chi connectivity index (χ0v) is 10.9. The Kier molecular flexibility index (Phi) is 4.02. The van der Waals surface area contributed by atoms with Gasteiger partial charge in [0.2, 0.25) is 5.69 Å². The second kappa shape index (κ2) is 5.90. The van der Waals surface area contributed by atoms with Gasteiger partial charge in [-0.3, -0.25) is 19.9 Å². The van der Waals surface area contributed by atoms with Crippen LogP contribution in [-0.2, 0) is 4.74 Å². The van der Waals surface area contributed by atoms with Gasteiger partial charge >= 0.3 is 11.7 Å². The van der Waals surface area contributed by atoms with Gasteiger partial charge in [0.25, 0.3) is 5.91 Å². The summed E-state index contributed by atoms with van der Waals surface area (Å²) in [5.74, 6) is -1.59. The lowest BCUT2D eigenvalue weighted by Crippen LogP contribution is -2.14. The standard InChI is InChI=1S/C12H10N4O5/c1-2-21-12(18)10-9(16(19)20)7-15(14-10)11(17)8-4-3-5-13-6-8/h3-7H,2H2,1H3. The monoisotopic (exact) mass is 290 g/mol. The molecule has 0 fully saturated rings. The van der Waals surface area contributed by atoms with Crippen molar-refractivity contribution in [3.05, 3.63) is 52.1 Å². The third-order valence-electron chi connectivity index (χ3n) is 2.48. The second-order valence-electron chi connectivity index (χ2n) is 3.83. The lowest BCUT2D eigenvalue weighted by Gasteiger charge is -1.99. The molecule has 0 atom stereocenters. The van der Waals surface area contributed by atoms with Crippen molar-refractivity contribution in [2.45, 2.75) is 6.92 Å². The topological polar surface area (TPSA) is 117 Å². The molecule has 0 bridgehead atoms. The molecule has 0 aromatic carbocycles. The first-order chi connectivity index (χ1) is 10.0. The van der Waals surface area contributed by atoms with Crippen LogP contribution in [0.2, 0.25) is 0 Å². The number of hydrogen-bond acceptors (Lipinski definition) is 7. The van der Waals surface area contributed by atoms with Crippen LogP contribution in [0.1, 0.15) is 27.8 Å². The highest BCUT2D eigenvalue weighted by Crippen LogP contribution is 2.18. The van der Waals surface area contributed by atoms with E-state index in [2.05, 4.69) is 14.8 Å². The molecule has 0 saturated carbocycles. The van der Waals surface area contributed by atoms with Crippen molar-refractivity contribution in [2.24, 2.45) is 0 Å². The maximum absolute atomic E-state index is 12.1. The molecule has 0 aliphatic carbocycles. The van der Waals surface area contributed by atoms with Gasteiger partial charge in [-0.05, 0) is 19.1 Å². The van der Waals surface area contributed by atoms with Gasteiger partial charge in [-0.25, -0.2) is 4.79 Å². The molecule has 0 spiro atoms. The number of carbonyl (C=O) groups is 2. The van der Waals surface area contributed by atoms with Gasteiger partial charge in [0.05, 0.1) is 17.1 Å². The molecule has 2 aromatic heterocycles. The molecule has 2 aromatic rings. The molecule has 2 rings (SSSR count). The molecule has 0 saturated heterocycles. The SMILES string of the molecule is CCOC(=O)c1nn(C(=O)c2cccnc2)cc1[N+](=O)[O-]. The van der Waals surface area contributed by atoms with Crippen LogP contribution in [0.25, 0.3) is 0 Å². The highest BCUT2D eigenvalue weighted by Gasteiger charge is 2.28. The Morgan fingerprint density at radius 1 is 1.48 bits per heavy atom. The smallest absolute Gasteiger partial charge is 0.366 e. The van der Waals surface area contributed by atoms with E-state index in [4.69, 9.17) is 0 Å². The highest BCUT2D eigenvalue weighted by atomic mass is 16.6. The number of nitrogens with zero attached hydrogens (tertiary/aromatic N) is 4. The second-order valence-corrected chi connectivity index (χ2v) is 3.83. The van der Waals surface area contributed by atoms with Crippen molar-refractivity contribution in [3.63, 3.8) is 0 Å². The number of ether oxygens (including phenoxy) is 1. The summed E-state index contributed by atoms with van der Waals surface area (Å²) in [5, 5.41) is 14.6. The first-order valence-corrected chi connectivity index (χ1v) is 5.90. The first kappa shape index (κ1) is 14.3. The van der Waals surface area contributed by atoms with Gasteiger partial charge in [0, 0.05) is 12.4 Å². The van der Waals surface area contributed by atoms with E-state index in [0.29, 0.717) is 0 Å². The maximum Gasteiger partial charge on any atom is 0.366 e. The minimum absolute atomic E-state index is 0.0411. The number of rotatable bonds is 4. The van der Waals surface area contributed by atoms with E-state index in [1.807, 2.05) is 0 Å². The maximum atomic E-state index is 12.1. The Morgan fingerprint density at radius 3 is 2.81 bits per heavy atom. The van der Waals surface area contributed by atoms with Crippen LogP contribution in [0.4, 0.5) is 5.69 Å². The molecule has 0 amide bonds. The largest absolute Gasteiger partial charge is 0.461 e. The van der Waals surface area contributed by atoms with Gasteiger partial charge in [0.1, 0.15) is 6.20 Å². The zero-order valence-electron chi connectivity index (χ0n) is 10.9.